The van der Waals surface area contributed by atoms with Crippen molar-refractivity contribution in [2.75, 3.05) is 12.9 Å². The second-order valence-electron chi connectivity index (χ2n) is 3.50. The third kappa shape index (κ3) is 3.66. The van der Waals surface area contributed by atoms with Gasteiger partial charge in [-0.3, -0.25) is 4.79 Å². The van der Waals surface area contributed by atoms with Crippen molar-refractivity contribution in [2.24, 2.45) is 10.2 Å². The molecule has 0 aromatic heterocycles. The van der Waals surface area contributed by atoms with Crippen molar-refractivity contribution < 1.29 is 13.9 Å². The van der Waals surface area contributed by atoms with E-state index in [1.165, 1.54) is 31.2 Å². The molecule has 0 spiro atoms. The van der Waals surface area contributed by atoms with Gasteiger partial charge < -0.3 is 10.1 Å². The molecule has 0 aliphatic carbocycles. The van der Waals surface area contributed by atoms with Gasteiger partial charge in [0, 0.05) is 0 Å². The minimum absolute atomic E-state index is 0.0935. The number of benzene rings is 1. The summed E-state index contributed by atoms with van der Waals surface area (Å²) >= 11 is 3.26. The lowest BCUT2D eigenvalue weighted by atomic mass is 10.2. The summed E-state index contributed by atoms with van der Waals surface area (Å²) in [6.07, 6.45) is 1.42. The molecule has 19 heavy (non-hydrogen) atoms. The van der Waals surface area contributed by atoms with E-state index in [-0.39, 0.29) is 11.7 Å². The van der Waals surface area contributed by atoms with E-state index in [0.29, 0.717) is 20.1 Å². The Hall–Kier alpha value is -1.16. The van der Waals surface area contributed by atoms with Crippen LogP contribution in [0.15, 0.2) is 22.3 Å². The zero-order chi connectivity index (χ0) is 13.8. The van der Waals surface area contributed by atoms with Crippen molar-refractivity contribution in [1.29, 1.82) is 0 Å². The lowest BCUT2D eigenvalue weighted by Gasteiger charge is -2.05. The Morgan fingerprint density at radius 3 is 2.95 bits per heavy atom. The van der Waals surface area contributed by atoms with E-state index in [9.17, 15) is 9.18 Å². The predicted molar refractivity (Wildman–Crippen MR) is 81.3 cm³/mol. The molecule has 1 fully saturated rings. The standard InChI is InChI=1S/C11H9FIN3O2S/c1-18-10-7(12)2-6(3-8(10)13)4-14-16-11-15-9(17)5-19-11/h2-4H,5H2,1H3,(H,15,16,17). The second kappa shape index (κ2) is 6.33. The molecule has 1 amide bonds. The quantitative estimate of drug-likeness (QED) is 0.486. The molecule has 0 bridgehead atoms. The van der Waals surface area contributed by atoms with Gasteiger partial charge in [0.2, 0.25) is 5.91 Å². The molecule has 1 aliphatic rings. The number of nitrogens with one attached hydrogen (secondary N) is 1. The number of halogens is 2. The fourth-order valence-electron chi connectivity index (χ4n) is 1.38. The van der Waals surface area contributed by atoms with Crippen LogP contribution in [-0.2, 0) is 4.79 Å². The first-order valence-corrected chi connectivity index (χ1v) is 7.23. The summed E-state index contributed by atoms with van der Waals surface area (Å²) in [6, 6.07) is 3.04. The van der Waals surface area contributed by atoms with Crippen LogP contribution in [0, 0.1) is 9.39 Å². The molecule has 1 aliphatic heterocycles. The Labute approximate surface area is 126 Å². The maximum atomic E-state index is 13.6. The van der Waals surface area contributed by atoms with Crippen LogP contribution in [0.1, 0.15) is 5.56 Å². The average molecular weight is 393 g/mol. The highest BCUT2D eigenvalue weighted by Crippen LogP contribution is 2.25. The second-order valence-corrected chi connectivity index (χ2v) is 5.63. The summed E-state index contributed by atoms with van der Waals surface area (Å²) in [5.74, 6) is 0.0161. The Bertz CT molecular complexity index is 554. The van der Waals surface area contributed by atoms with Crippen LogP contribution in [0.25, 0.3) is 0 Å². The highest BCUT2D eigenvalue weighted by Gasteiger charge is 2.16. The predicted octanol–water partition coefficient (Wildman–Crippen LogP) is 1.99. The van der Waals surface area contributed by atoms with E-state index in [1.54, 1.807) is 6.07 Å². The molecule has 1 N–H and O–H groups in total. The number of amides is 1. The largest absolute Gasteiger partial charge is 0.493 e. The van der Waals surface area contributed by atoms with Gasteiger partial charge in [0.1, 0.15) is 0 Å². The Morgan fingerprint density at radius 1 is 1.58 bits per heavy atom. The minimum Gasteiger partial charge on any atom is -0.493 e. The maximum Gasteiger partial charge on any atom is 0.236 e. The molecule has 5 nitrogen and oxygen atoms in total. The summed E-state index contributed by atoms with van der Waals surface area (Å²) in [5.41, 5.74) is 0.571. The third-order valence-corrected chi connectivity index (χ3v) is 3.83. The van der Waals surface area contributed by atoms with Gasteiger partial charge >= 0.3 is 0 Å². The van der Waals surface area contributed by atoms with E-state index in [1.807, 2.05) is 22.6 Å². The van der Waals surface area contributed by atoms with Gasteiger partial charge in [-0.2, -0.15) is 5.10 Å². The first-order chi connectivity index (χ1) is 9.10. The molecule has 1 saturated heterocycles. The third-order valence-electron chi connectivity index (χ3n) is 2.17. The van der Waals surface area contributed by atoms with Crippen molar-refractivity contribution in [3.8, 4) is 5.75 Å². The maximum absolute atomic E-state index is 13.6. The summed E-state index contributed by atoms with van der Waals surface area (Å²) in [7, 11) is 1.42. The normalized spacial score (nSPS) is 17.2. The lowest BCUT2D eigenvalue weighted by molar-refractivity contribution is -0.116. The van der Waals surface area contributed by atoms with Gasteiger partial charge in [0.05, 0.1) is 22.6 Å². The lowest BCUT2D eigenvalue weighted by Crippen LogP contribution is -2.19. The molecule has 1 heterocycles. The summed E-state index contributed by atoms with van der Waals surface area (Å²) < 4.78 is 19.2. The van der Waals surface area contributed by atoms with Gasteiger partial charge in [-0.05, 0) is 40.3 Å². The fraction of sp³-hybridized carbons (Fsp3) is 0.182. The molecule has 2 rings (SSSR count). The highest BCUT2D eigenvalue weighted by molar-refractivity contribution is 14.1. The molecule has 8 heteroatoms. The zero-order valence-electron chi connectivity index (χ0n) is 9.81. The van der Waals surface area contributed by atoms with E-state index in [4.69, 9.17) is 4.74 Å². The van der Waals surface area contributed by atoms with Gasteiger partial charge in [-0.15, -0.1) is 5.10 Å². The molecule has 100 valence electrons. The first-order valence-electron chi connectivity index (χ1n) is 5.17. The molecule has 0 radical (unpaired) electrons. The average Bonchev–Trinajstić information content (AvgIpc) is 2.75. The van der Waals surface area contributed by atoms with Crippen LogP contribution in [0.2, 0.25) is 0 Å². The number of nitrogens with zero attached hydrogens (tertiary/aromatic N) is 2. The molecule has 0 saturated carbocycles. The number of ether oxygens (including phenoxy) is 1. The van der Waals surface area contributed by atoms with Crippen molar-refractivity contribution in [3.05, 3.63) is 27.1 Å². The molecule has 1 aromatic carbocycles. The number of thioether (sulfide) groups is 1. The number of carbonyl (C=O) groups excluding carboxylic acids is 1. The van der Waals surface area contributed by atoms with E-state index in [2.05, 4.69) is 15.5 Å². The van der Waals surface area contributed by atoms with Crippen LogP contribution in [-0.4, -0.2) is 30.2 Å². The van der Waals surface area contributed by atoms with Gasteiger partial charge in [-0.25, -0.2) is 4.39 Å². The van der Waals surface area contributed by atoms with Crippen LogP contribution < -0.4 is 10.1 Å². The first kappa shape index (κ1) is 14.3. The van der Waals surface area contributed by atoms with Crippen molar-refractivity contribution in [1.82, 2.24) is 5.32 Å². The number of hydrogen-bond acceptors (Lipinski definition) is 5. The number of methoxy groups -OCH3 is 1. The Kier molecular flexibility index (Phi) is 4.75. The zero-order valence-corrected chi connectivity index (χ0v) is 12.8. The topological polar surface area (TPSA) is 63.1 Å². The van der Waals surface area contributed by atoms with Crippen LogP contribution in [0.4, 0.5) is 4.39 Å². The molecule has 0 unspecified atom stereocenters. The number of carbonyl (C=O) groups is 1. The molecular formula is C11H9FIN3O2S. The number of rotatable bonds is 3. The summed E-state index contributed by atoms with van der Waals surface area (Å²) in [4.78, 5) is 10.9. The van der Waals surface area contributed by atoms with E-state index >= 15 is 0 Å². The highest BCUT2D eigenvalue weighted by atomic mass is 127. The van der Waals surface area contributed by atoms with Crippen LogP contribution >= 0.6 is 34.4 Å². The molecule has 0 atom stereocenters. The van der Waals surface area contributed by atoms with Gasteiger partial charge in [0.25, 0.3) is 0 Å². The minimum atomic E-state index is -0.452. The molecular weight excluding hydrogens is 384 g/mol. The number of amidine groups is 1. The van der Waals surface area contributed by atoms with E-state index in [0.717, 1.165) is 0 Å². The summed E-state index contributed by atoms with van der Waals surface area (Å²) in [5, 5.41) is 10.6. The van der Waals surface area contributed by atoms with Crippen molar-refractivity contribution in [2.45, 2.75) is 0 Å². The SMILES string of the molecule is COc1c(F)cc(C=NN=C2NC(=O)CS2)cc1I. The monoisotopic (exact) mass is 393 g/mol. The van der Waals surface area contributed by atoms with Gasteiger partial charge in [0.15, 0.2) is 16.7 Å². The summed E-state index contributed by atoms with van der Waals surface area (Å²) in [6.45, 7) is 0. The number of hydrogen-bond donors (Lipinski definition) is 1. The van der Waals surface area contributed by atoms with Crippen LogP contribution in [0.5, 0.6) is 5.75 Å². The van der Waals surface area contributed by atoms with Crippen molar-refractivity contribution >= 4 is 51.6 Å². The smallest absolute Gasteiger partial charge is 0.236 e. The van der Waals surface area contributed by atoms with Crippen molar-refractivity contribution in [3.63, 3.8) is 0 Å². The van der Waals surface area contributed by atoms with E-state index < -0.39 is 5.82 Å². The Balaban J connectivity index is 2.13. The van der Waals surface area contributed by atoms with Crippen LogP contribution in [0.3, 0.4) is 0 Å². The fourth-order valence-corrected chi connectivity index (χ4v) is 2.84. The molecule has 1 aromatic rings. The Morgan fingerprint density at radius 2 is 2.37 bits per heavy atom. The van der Waals surface area contributed by atoms with Gasteiger partial charge in [-0.1, -0.05) is 11.8 Å².